The molecule has 0 radical (unpaired) electrons. The number of ether oxygens (including phenoxy) is 2. The Hall–Kier alpha value is -0.940. The van der Waals surface area contributed by atoms with Crippen molar-refractivity contribution in [3.63, 3.8) is 0 Å². The lowest BCUT2D eigenvalue weighted by molar-refractivity contribution is -0.516. The molecule has 1 saturated carbocycles. The summed E-state index contributed by atoms with van der Waals surface area (Å²) in [4.78, 5) is 10.3. The number of rotatable bonds is 1. The van der Waals surface area contributed by atoms with Crippen molar-refractivity contribution in [2.24, 2.45) is 0 Å². The summed E-state index contributed by atoms with van der Waals surface area (Å²) in [5.74, 6) is 0. The first kappa shape index (κ1) is 8.65. The normalized spacial score (nSPS) is 38.8. The largest absolute Gasteiger partial charge is 0.349 e. The maximum Gasteiger partial charge on any atom is 0.236 e. The zero-order chi connectivity index (χ0) is 9.42. The Bertz CT molecular complexity index is 253. The molecule has 72 valence electrons. The van der Waals surface area contributed by atoms with E-state index >= 15 is 0 Å². The van der Waals surface area contributed by atoms with Gasteiger partial charge in [0.1, 0.15) is 6.79 Å². The third-order valence-corrected chi connectivity index (χ3v) is 2.62. The van der Waals surface area contributed by atoms with Crippen molar-refractivity contribution in [3.05, 3.63) is 22.3 Å². The van der Waals surface area contributed by atoms with Crippen LogP contribution in [0.4, 0.5) is 0 Å². The van der Waals surface area contributed by atoms with Gasteiger partial charge in [-0.25, -0.2) is 0 Å². The summed E-state index contributed by atoms with van der Waals surface area (Å²) in [6.45, 7) is 3.96. The van der Waals surface area contributed by atoms with Crippen molar-refractivity contribution in [3.8, 4) is 0 Å². The van der Waals surface area contributed by atoms with E-state index in [4.69, 9.17) is 9.47 Å². The van der Waals surface area contributed by atoms with Crippen LogP contribution < -0.4 is 0 Å². The van der Waals surface area contributed by atoms with Gasteiger partial charge in [0, 0.05) is 17.8 Å². The fraction of sp³-hybridized carbons (Fsp3) is 0.750. The molecule has 0 aromatic heterocycles. The Kier molecular flexibility index (Phi) is 2.05. The molecular formula is C8H11NO4. The summed E-state index contributed by atoms with van der Waals surface area (Å²) >= 11 is 0. The molecule has 13 heavy (non-hydrogen) atoms. The maximum atomic E-state index is 10.6. The highest BCUT2D eigenvalue weighted by atomic mass is 16.7. The number of hydrogen-bond donors (Lipinski definition) is 0. The third-order valence-electron chi connectivity index (χ3n) is 2.62. The predicted molar refractivity (Wildman–Crippen MR) is 43.8 cm³/mol. The zero-order valence-electron chi connectivity index (χ0n) is 7.14. The minimum Gasteiger partial charge on any atom is -0.349 e. The molecular weight excluding hydrogens is 174 g/mol. The second-order valence-electron chi connectivity index (χ2n) is 3.43. The standard InChI is InChI=1S/C8H11NO4/c1-5-2-7-8(13-4-12-7)3-6(5)9(10)11/h6-8H,1-4H2. The summed E-state index contributed by atoms with van der Waals surface area (Å²) in [5, 5.41) is 10.6. The van der Waals surface area contributed by atoms with Gasteiger partial charge in [-0.15, -0.1) is 0 Å². The van der Waals surface area contributed by atoms with Gasteiger partial charge < -0.3 is 9.47 Å². The molecule has 5 heteroatoms. The first-order chi connectivity index (χ1) is 6.18. The highest BCUT2D eigenvalue weighted by Gasteiger charge is 2.42. The average Bonchev–Trinajstić information content (AvgIpc) is 2.48. The lowest BCUT2D eigenvalue weighted by Gasteiger charge is -2.26. The van der Waals surface area contributed by atoms with E-state index in [2.05, 4.69) is 6.58 Å². The van der Waals surface area contributed by atoms with E-state index in [1.54, 1.807) is 0 Å². The highest BCUT2D eigenvalue weighted by molar-refractivity contribution is 5.10. The summed E-state index contributed by atoms with van der Waals surface area (Å²) in [5.41, 5.74) is 0.650. The first-order valence-corrected chi connectivity index (χ1v) is 4.23. The van der Waals surface area contributed by atoms with Crippen molar-refractivity contribution >= 4 is 0 Å². The molecule has 5 nitrogen and oxygen atoms in total. The molecule has 2 aliphatic rings. The van der Waals surface area contributed by atoms with Gasteiger partial charge in [0.25, 0.3) is 0 Å². The lowest BCUT2D eigenvalue weighted by Crippen LogP contribution is -2.38. The van der Waals surface area contributed by atoms with Crippen molar-refractivity contribution in [2.45, 2.75) is 31.1 Å². The van der Waals surface area contributed by atoms with Crippen LogP contribution in [0.1, 0.15) is 12.8 Å². The highest BCUT2D eigenvalue weighted by Crippen LogP contribution is 2.32. The molecule has 3 atom stereocenters. The van der Waals surface area contributed by atoms with Crippen LogP contribution in [0.2, 0.25) is 0 Å². The fourth-order valence-electron chi connectivity index (χ4n) is 1.86. The number of nitrogens with zero attached hydrogens (tertiary/aromatic N) is 1. The molecule has 3 unspecified atom stereocenters. The number of fused-ring (bicyclic) bond motifs is 1. The quantitative estimate of drug-likeness (QED) is 0.343. The van der Waals surface area contributed by atoms with Gasteiger partial charge in [-0.3, -0.25) is 10.1 Å². The van der Waals surface area contributed by atoms with Crippen molar-refractivity contribution < 1.29 is 14.4 Å². The van der Waals surface area contributed by atoms with Crippen LogP contribution in [0.25, 0.3) is 0 Å². The van der Waals surface area contributed by atoms with E-state index < -0.39 is 6.04 Å². The van der Waals surface area contributed by atoms with Crippen molar-refractivity contribution in [1.29, 1.82) is 0 Å². The van der Waals surface area contributed by atoms with Gasteiger partial charge >= 0.3 is 0 Å². The summed E-state index contributed by atoms with van der Waals surface area (Å²) in [7, 11) is 0. The van der Waals surface area contributed by atoms with Crippen molar-refractivity contribution in [2.75, 3.05) is 6.79 Å². The van der Waals surface area contributed by atoms with Crippen LogP contribution in [0.5, 0.6) is 0 Å². The Morgan fingerprint density at radius 3 is 2.85 bits per heavy atom. The van der Waals surface area contributed by atoms with Crippen LogP contribution in [0.15, 0.2) is 12.2 Å². The van der Waals surface area contributed by atoms with Crippen molar-refractivity contribution in [1.82, 2.24) is 0 Å². The van der Waals surface area contributed by atoms with E-state index in [1.165, 1.54) is 0 Å². The SMILES string of the molecule is C=C1CC2OCOC2CC1[N+](=O)[O-]. The molecule has 0 spiro atoms. The average molecular weight is 185 g/mol. The van der Waals surface area contributed by atoms with Gasteiger partial charge in [0.05, 0.1) is 12.2 Å². The second-order valence-corrected chi connectivity index (χ2v) is 3.43. The number of hydrogen-bond acceptors (Lipinski definition) is 4. The molecule has 0 N–H and O–H groups in total. The molecule has 0 aromatic rings. The van der Waals surface area contributed by atoms with E-state index in [9.17, 15) is 10.1 Å². The second kappa shape index (κ2) is 3.08. The summed E-state index contributed by atoms with van der Waals surface area (Å²) < 4.78 is 10.5. The Labute approximate surface area is 75.5 Å². The Morgan fingerprint density at radius 1 is 1.46 bits per heavy atom. The Morgan fingerprint density at radius 2 is 2.15 bits per heavy atom. The number of nitro groups is 1. The van der Waals surface area contributed by atoms with Crippen LogP contribution in [0.3, 0.4) is 0 Å². The van der Waals surface area contributed by atoms with Crippen LogP contribution in [-0.2, 0) is 9.47 Å². The van der Waals surface area contributed by atoms with E-state index in [1.807, 2.05) is 0 Å². The van der Waals surface area contributed by atoms with E-state index in [0.29, 0.717) is 18.4 Å². The van der Waals surface area contributed by atoms with Gasteiger partial charge in [0.2, 0.25) is 6.04 Å². The van der Waals surface area contributed by atoms with Gasteiger partial charge in [-0.1, -0.05) is 6.58 Å². The molecule has 1 saturated heterocycles. The molecule has 1 heterocycles. The summed E-state index contributed by atoms with van der Waals surface area (Å²) in [6, 6.07) is -0.650. The smallest absolute Gasteiger partial charge is 0.236 e. The molecule has 2 fully saturated rings. The molecule has 0 aromatic carbocycles. The lowest BCUT2D eigenvalue weighted by atomic mass is 9.87. The maximum absolute atomic E-state index is 10.6. The minimum atomic E-state index is -0.650. The molecule has 2 rings (SSSR count). The third kappa shape index (κ3) is 1.45. The fourth-order valence-corrected chi connectivity index (χ4v) is 1.86. The zero-order valence-corrected chi connectivity index (χ0v) is 7.14. The molecule has 0 bridgehead atoms. The monoisotopic (exact) mass is 185 g/mol. The topological polar surface area (TPSA) is 61.6 Å². The Balaban J connectivity index is 2.09. The van der Waals surface area contributed by atoms with E-state index in [0.717, 1.165) is 0 Å². The van der Waals surface area contributed by atoms with Crippen LogP contribution in [0, 0.1) is 10.1 Å². The molecule has 0 amide bonds. The van der Waals surface area contributed by atoms with Gasteiger partial charge in [0.15, 0.2) is 0 Å². The predicted octanol–water partition coefficient (Wildman–Crippen LogP) is 0.723. The molecule has 1 aliphatic heterocycles. The van der Waals surface area contributed by atoms with Gasteiger partial charge in [-0.05, 0) is 5.57 Å². The molecule has 1 aliphatic carbocycles. The van der Waals surface area contributed by atoms with Crippen LogP contribution in [-0.4, -0.2) is 30.0 Å². The minimum absolute atomic E-state index is 0.0105. The first-order valence-electron chi connectivity index (χ1n) is 4.23. The van der Waals surface area contributed by atoms with E-state index in [-0.39, 0.29) is 23.9 Å². The van der Waals surface area contributed by atoms with Gasteiger partial charge in [-0.2, -0.15) is 0 Å². The summed E-state index contributed by atoms with van der Waals surface area (Å²) in [6.07, 6.45) is 0.830. The van der Waals surface area contributed by atoms with Crippen LogP contribution >= 0.6 is 0 Å².